The van der Waals surface area contributed by atoms with Gasteiger partial charge in [0.15, 0.2) is 0 Å². The standard InChI is InChI=1S/C13H14N4O2/c1-7-15-9-4-3-8(5-10(9)16-7)13(2)6-14-11(18)12(19)17-13/h3-5H,6H2,1-2H3,(H,14,18)(H,15,16)(H,17,19). The number of nitrogens with zero attached hydrogens (tertiary/aromatic N) is 1. The third kappa shape index (κ3) is 1.85. The van der Waals surface area contributed by atoms with E-state index in [9.17, 15) is 9.59 Å². The highest BCUT2D eigenvalue weighted by molar-refractivity contribution is 6.35. The number of piperazine rings is 1. The maximum absolute atomic E-state index is 11.5. The number of imidazole rings is 1. The Morgan fingerprint density at radius 2 is 2.05 bits per heavy atom. The van der Waals surface area contributed by atoms with Gasteiger partial charge in [-0.05, 0) is 31.5 Å². The molecule has 1 aromatic carbocycles. The topological polar surface area (TPSA) is 86.9 Å². The molecule has 1 aromatic heterocycles. The van der Waals surface area contributed by atoms with Crippen LogP contribution >= 0.6 is 0 Å². The number of nitrogens with one attached hydrogen (secondary N) is 3. The van der Waals surface area contributed by atoms with Crippen LogP contribution in [0.1, 0.15) is 18.3 Å². The summed E-state index contributed by atoms with van der Waals surface area (Å²) in [5.74, 6) is -0.344. The molecule has 19 heavy (non-hydrogen) atoms. The molecular weight excluding hydrogens is 244 g/mol. The van der Waals surface area contributed by atoms with Gasteiger partial charge in [-0.3, -0.25) is 9.59 Å². The van der Waals surface area contributed by atoms with Crippen LogP contribution in [-0.4, -0.2) is 28.3 Å². The molecule has 3 N–H and O–H groups in total. The second kappa shape index (κ2) is 3.81. The molecular formula is C13H14N4O2. The van der Waals surface area contributed by atoms with Crippen LogP contribution in [0.3, 0.4) is 0 Å². The average molecular weight is 258 g/mol. The summed E-state index contributed by atoms with van der Waals surface area (Å²) in [5, 5.41) is 5.34. The molecule has 3 rings (SSSR count). The molecule has 6 heteroatoms. The van der Waals surface area contributed by atoms with Crippen LogP contribution in [0, 0.1) is 6.92 Å². The van der Waals surface area contributed by atoms with Gasteiger partial charge in [-0.1, -0.05) is 6.07 Å². The first-order valence-corrected chi connectivity index (χ1v) is 6.05. The summed E-state index contributed by atoms with van der Waals surface area (Å²) in [7, 11) is 0. The van der Waals surface area contributed by atoms with E-state index in [1.54, 1.807) is 0 Å². The third-order valence-corrected chi connectivity index (χ3v) is 3.44. The molecule has 2 heterocycles. The first-order valence-electron chi connectivity index (χ1n) is 6.05. The number of hydrogen-bond acceptors (Lipinski definition) is 3. The van der Waals surface area contributed by atoms with E-state index in [-0.39, 0.29) is 0 Å². The molecule has 1 saturated heterocycles. The van der Waals surface area contributed by atoms with Gasteiger partial charge in [0.25, 0.3) is 0 Å². The first-order chi connectivity index (χ1) is 8.98. The minimum absolute atomic E-state index is 0.371. The van der Waals surface area contributed by atoms with Crippen LogP contribution in [0.15, 0.2) is 18.2 Å². The summed E-state index contributed by atoms with van der Waals surface area (Å²) in [6.45, 7) is 4.15. The second-order valence-electron chi connectivity index (χ2n) is 5.02. The smallest absolute Gasteiger partial charge is 0.310 e. The predicted octanol–water partition coefficient (Wildman–Crippen LogP) is 0.333. The van der Waals surface area contributed by atoms with E-state index < -0.39 is 17.4 Å². The highest BCUT2D eigenvalue weighted by Crippen LogP contribution is 2.25. The van der Waals surface area contributed by atoms with Crippen molar-refractivity contribution in [2.75, 3.05) is 6.54 Å². The average Bonchev–Trinajstić information content (AvgIpc) is 2.73. The Hall–Kier alpha value is -2.37. The largest absolute Gasteiger partial charge is 0.345 e. The number of hydrogen-bond donors (Lipinski definition) is 3. The lowest BCUT2D eigenvalue weighted by Gasteiger charge is -2.34. The fourth-order valence-corrected chi connectivity index (χ4v) is 2.34. The minimum Gasteiger partial charge on any atom is -0.345 e. The first kappa shape index (κ1) is 11.7. The maximum atomic E-state index is 11.5. The van der Waals surface area contributed by atoms with E-state index in [0.29, 0.717) is 6.54 Å². The summed E-state index contributed by atoms with van der Waals surface area (Å²) in [6, 6.07) is 5.77. The van der Waals surface area contributed by atoms with Crippen molar-refractivity contribution in [3.05, 3.63) is 29.6 Å². The number of H-pyrrole nitrogens is 1. The monoisotopic (exact) mass is 258 g/mol. The van der Waals surface area contributed by atoms with Gasteiger partial charge in [0.1, 0.15) is 5.82 Å². The molecule has 0 saturated carbocycles. The van der Waals surface area contributed by atoms with Crippen LogP contribution in [0.4, 0.5) is 0 Å². The van der Waals surface area contributed by atoms with Gasteiger partial charge in [0.05, 0.1) is 16.6 Å². The van der Waals surface area contributed by atoms with Crippen molar-refractivity contribution >= 4 is 22.8 Å². The molecule has 98 valence electrons. The van der Waals surface area contributed by atoms with E-state index >= 15 is 0 Å². The lowest BCUT2D eigenvalue weighted by atomic mass is 9.90. The highest BCUT2D eigenvalue weighted by atomic mass is 16.2. The van der Waals surface area contributed by atoms with E-state index in [0.717, 1.165) is 22.4 Å². The Morgan fingerprint density at radius 1 is 1.26 bits per heavy atom. The molecule has 1 aliphatic heterocycles. The van der Waals surface area contributed by atoms with Crippen LogP contribution in [0.2, 0.25) is 0 Å². The second-order valence-corrected chi connectivity index (χ2v) is 5.02. The quantitative estimate of drug-likeness (QED) is 0.644. The molecule has 2 aromatic rings. The Morgan fingerprint density at radius 3 is 2.79 bits per heavy atom. The normalized spacial score (nSPS) is 23.3. The van der Waals surface area contributed by atoms with Crippen molar-refractivity contribution in [2.24, 2.45) is 0 Å². The number of aryl methyl sites for hydroxylation is 1. The summed E-state index contributed by atoms with van der Waals surface area (Å²) in [6.07, 6.45) is 0. The molecule has 2 amide bonds. The SMILES string of the molecule is Cc1nc2ccc(C3(C)CNC(=O)C(=O)N3)cc2[nH]1. The Labute approximate surface area is 109 Å². The maximum Gasteiger partial charge on any atom is 0.310 e. The van der Waals surface area contributed by atoms with Gasteiger partial charge in [-0.15, -0.1) is 0 Å². The van der Waals surface area contributed by atoms with Crippen LogP contribution in [-0.2, 0) is 15.1 Å². The van der Waals surface area contributed by atoms with Crippen LogP contribution < -0.4 is 10.6 Å². The lowest BCUT2D eigenvalue weighted by molar-refractivity contribution is -0.142. The lowest BCUT2D eigenvalue weighted by Crippen LogP contribution is -2.60. The van der Waals surface area contributed by atoms with Crippen molar-refractivity contribution in [1.82, 2.24) is 20.6 Å². The van der Waals surface area contributed by atoms with E-state index in [1.807, 2.05) is 32.0 Å². The molecule has 1 unspecified atom stereocenters. The summed E-state index contributed by atoms with van der Waals surface area (Å²) in [5.41, 5.74) is 2.13. The fourth-order valence-electron chi connectivity index (χ4n) is 2.34. The van der Waals surface area contributed by atoms with Gasteiger partial charge in [-0.25, -0.2) is 4.98 Å². The number of benzene rings is 1. The molecule has 1 fully saturated rings. The van der Waals surface area contributed by atoms with Gasteiger partial charge in [0, 0.05) is 6.54 Å². The highest BCUT2D eigenvalue weighted by Gasteiger charge is 2.36. The molecule has 6 nitrogen and oxygen atoms in total. The van der Waals surface area contributed by atoms with Crippen LogP contribution in [0.25, 0.3) is 11.0 Å². The Kier molecular flexibility index (Phi) is 2.35. The van der Waals surface area contributed by atoms with Crippen molar-refractivity contribution in [1.29, 1.82) is 0 Å². The van der Waals surface area contributed by atoms with Crippen molar-refractivity contribution in [3.8, 4) is 0 Å². The van der Waals surface area contributed by atoms with Gasteiger partial charge < -0.3 is 15.6 Å². The van der Waals surface area contributed by atoms with E-state index in [1.165, 1.54) is 0 Å². The number of amides is 2. The number of carbonyl (C=O) groups excluding carboxylic acids is 2. The predicted molar refractivity (Wildman–Crippen MR) is 69.3 cm³/mol. The van der Waals surface area contributed by atoms with Gasteiger partial charge in [0.2, 0.25) is 0 Å². The number of carbonyl (C=O) groups is 2. The van der Waals surface area contributed by atoms with E-state index in [4.69, 9.17) is 0 Å². The van der Waals surface area contributed by atoms with Crippen molar-refractivity contribution in [3.63, 3.8) is 0 Å². The Balaban J connectivity index is 2.03. The van der Waals surface area contributed by atoms with Crippen molar-refractivity contribution < 1.29 is 9.59 Å². The molecule has 0 radical (unpaired) electrons. The molecule has 0 spiro atoms. The zero-order valence-corrected chi connectivity index (χ0v) is 10.7. The number of fused-ring (bicyclic) bond motifs is 1. The van der Waals surface area contributed by atoms with Crippen LogP contribution in [0.5, 0.6) is 0 Å². The summed E-state index contributed by atoms with van der Waals surface area (Å²) < 4.78 is 0. The molecule has 1 aliphatic rings. The fraction of sp³-hybridized carbons (Fsp3) is 0.308. The number of aromatic amines is 1. The zero-order chi connectivity index (χ0) is 13.6. The number of rotatable bonds is 1. The number of aromatic nitrogens is 2. The van der Waals surface area contributed by atoms with E-state index in [2.05, 4.69) is 20.6 Å². The van der Waals surface area contributed by atoms with Gasteiger partial charge >= 0.3 is 11.8 Å². The van der Waals surface area contributed by atoms with Crippen molar-refractivity contribution in [2.45, 2.75) is 19.4 Å². The van der Waals surface area contributed by atoms with Gasteiger partial charge in [-0.2, -0.15) is 0 Å². The Bertz CT molecular complexity index is 691. The summed E-state index contributed by atoms with van der Waals surface area (Å²) >= 11 is 0. The molecule has 0 bridgehead atoms. The molecule has 1 atom stereocenters. The summed E-state index contributed by atoms with van der Waals surface area (Å²) in [4.78, 5) is 30.2. The molecule has 0 aliphatic carbocycles. The third-order valence-electron chi connectivity index (χ3n) is 3.44. The zero-order valence-electron chi connectivity index (χ0n) is 10.7. The minimum atomic E-state index is -0.602.